The number of aromatic hydroxyl groups is 1. The van der Waals surface area contributed by atoms with Gasteiger partial charge in [0.2, 0.25) is 0 Å². The van der Waals surface area contributed by atoms with Gasteiger partial charge in [-0.2, -0.15) is 21.6 Å². The van der Waals surface area contributed by atoms with Crippen LogP contribution >= 0.6 is 23.2 Å². The van der Waals surface area contributed by atoms with Gasteiger partial charge in [-0.3, -0.25) is 0 Å². The first-order valence-electron chi connectivity index (χ1n) is 9.05. The summed E-state index contributed by atoms with van der Waals surface area (Å²) in [5.74, 6) is -0.261. The van der Waals surface area contributed by atoms with E-state index >= 15 is 0 Å². The van der Waals surface area contributed by atoms with Gasteiger partial charge >= 0.3 is 15.6 Å². The van der Waals surface area contributed by atoms with Crippen LogP contribution in [-0.4, -0.2) is 19.0 Å². The van der Waals surface area contributed by atoms with Gasteiger partial charge in [0, 0.05) is 16.1 Å². The number of rotatable bonds is 2. The Morgan fingerprint density at radius 3 is 1.58 bits per heavy atom. The third-order valence-corrected chi connectivity index (χ3v) is 5.60. The molecule has 0 heterocycles. The first-order valence-corrected chi connectivity index (χ1v) is 11.2. The Balaban J connectivity index is 0.000000343. The van der Waals surface area contributed by atoms with E-state index in [1.165, 1.54) is 6.07 Å². The van der Waals surface area contributed by atoms with E-state index < -0.39 is 21.4 Å². The molecule has 0 fully saturated rings. The normalized spacial score (nSPS) is 12.7. The number of alkyl halides is 3. The smallest absolute Gasteiger partial charge is 0.508 e. The molecule has 174 valence electrons. The SMILES string of the molecule is CC(C)(C)c1ccc(O)cc1Cl.CC(C)(C)c1ccc(OS(=O)(=O)C(F)(F)F)cc1Cl. The molecule has 1 N–H and O–H groups in total. The van der Waals surface area contributed by atoms with Crippen LogP contribution in [0, 0.1) is 0 Å². The van der Waals surface area contributed by atoms with Crippen molar-refractivity contribution in [2.75, 3.05) is 0 Å². The maximum atomic E-state index is 12.1. The maximum absolute atomic E-state index is 12.1. The van der Waals surface area contributed by atoms with Gasteiger partial charge in [0.1, 0.15) is 11.5 Å². The van der Waals surface area contributed by atoms with E-state index in [1.807, 2.05) is 26.8 Å². The van der Waals surface area contributed by atoms with Crippen LogP contribution in [0.2, 0.25) is 10.0 Å². The van der Waals surface area contributed by atoms with Gasteiger partial charge in [-0.25, -0.2) is 0 Å². The van der Waals surface area contributed by atoms with Crippen LogP contribution in [0.15, 0.2) is 36.4 Å². The van der Waals surface area contributed by atoms with Gasteiger partial charge in [0.05, 0.1) is 0 Å². The van der Waals surface area contributed by atoms with E-state index in [1.54, 1.807) is 12.1 Å². The van der Waals surface area contributed by atoms with Crippen molar-refractivity contribution in [3.63, 3.8) is 0 Å². The molecule has 0 amide bonds. The number of benzene rings is 2. The lowest BCUT2D eigenvalue weighted by Gasteiger charge is -2.21. The second-order valence-corrected chi connectivity index (χ2v) is 11.1. The van der Waals surface area contributed by atoms with Gasteiger partial charge in [0.25, 0.3) is 0 Å². The lowest BCUT2D eigenvalue weighted by molar-refractivity contribution is -0.0500. The monoisotopic (exact) mass is 500 g/mol. The van der Waals surface area contributed by atoms with Crippen molar-refractivity contribution in [2.24, 2.45) is 0 Å². The largest absolute Gasteiger partial charge is 0.534 e. The molecule has 0 spiro atoms. The Hall–Kier alpha value is -1.64. The molecule has 0 aromatic heterocycles. The predicted octanol–water partition coefficient (Wildman–Crippen LogP) is 7.21. The molecule has 2 rings (SSSR count). The zero-order valence-corrected chi connectivity index (χ0v) is 20.3. The fraction of sp³-hybridized carbons (Fsp3) is 0.429. The lowest BCUT2D eigenvalue weighted by Crippen LogP contribution is -2.28. The summed E-state index contributed by atoms with van der Waals surface area (Å²) in [5.41, 5.74) is -4.03. The van der Waals surface area contributed by atoms with E-state index in [2.05, 4.69) is 25.0 Å². The molecular weight excluding hydrogens is 476 g/mol. The maximum Gasteiger partial charge on any atom is 0.534 e. The molecule has 4 nitrogen and oxygen atoms in total. The molecule has 0 saturated carbocycles. The van der Waals surface area contributed by atoms with E-state index in [-0.39, 0.29) is 21.6 Å². The zero-order chi connectivity index (χ0) is 24.4. The zero-order valence-electron chi connectivity index (χ0n) is 17.9. The molecule has 0 unspecified atom stereocenters. The fourth-order valence-electron chi connectivity index (χ4n) is 2.44. The van der Waals surface area contributed by atoms with Gasteiger partial charge in [-0.05, 0) is 40.2 Å². The van der Waals surface area contributed by atoms with Crippen molar-refractivity contribution in [3.8, 4) is 11.5 Å². The Kier molecular flexibility index (Phi) is 8.36. The van der Waals surface area contributed by atoms with Crippen LogP contribution in [0.3, 0.4) is 0 Å². The lowest BCUT2D eigenvalue weighted by atomic mass is 9.87. The first kappa shape index (κ1) is 27.4. The minimum absolute atomic E-state index is 0.0325. The minimum atomic E-state index is -5.67. The fourth-order valence-corrected chi connectivity index (χ4v) is 3.81. The molecule has 0 aliphatic rings. The van der Waals surface area contributed by atoms with Crippen LogP contribution in [0.25, 0.3) is 0 Å². The second-order valence-electron chi connectivity index (χ2n) is 8.79. The molecular formula is C21H25Cl2F3O4S. The van der Waals surface area contributed by atoms with Crippen LogP contribution in [-0.2, 0) is 20.9 Å². The molecule has 0 radical (unpaired) electrons. The highest BCUT2D eigenvalue weighted by Crippen LogP contribution is 2.34. The van der Waals surface area contributed by atoms with Crippen molar-refractivity contribution < 1.29 is 30.9 Å². The first-order chi connectivity index (χ1) is 13.8. The van der Waals surface area contributed by atoms with Gasteiger partial charge in [-0.1, -0.05) is 76.9 Å². The molecule has 0 aliphatic heterocycles. The highest BCUT2D eigenvalue weighted by Gasteiger charge is 2.48. The summed E-state index contributed by atoms with van der Waals surface area (Å²) in [4.78, 5) is 0. The van der Waals surface area contributed by atoms with Crippen LogP contribution in [0.5, 0.6) is 11.5 Å². The number of hydrogen-bond donors (Lipinski definition) is 1. The Morgan fingerprint density at radius 1 is 0.806 bits per heavy atom. The topological polar surface area (TPSA) is 63.6 Å². The summed E-state index contributed by atoms with van der Waals surface area (Å²) in [7, 11) is -5.67. The van der Waals surface area contributed by atoms with E-state index in [9.17, 15) is 21.6 Å². The molecule has 2 aromatic carbocycles. The van der Waals surface area contributed by atoms with Crippen LogP contribution in [0.1, 0.15) is 52.7 Å². The van der Waals surface area contributed by atoms with E-state index in [4.69, 9.17) is 28.3 Å². The second kappa shape index (κ2) is 9.46. The Bertz CT molecular complexity index is 1020. The number of halogens is 5. The molecule has 31 heavy (non-hydrogen) atoms. The Morgan fingerprint density at radius 2 is 1.23 bits per heavy atom. The predicted molar refractivity (Wildman–Crippen MR) is 118 cm³/mol. The summed E-state index contributed by atoms with van der Waals surface area (Å²) < 4.78 is 62.1. The molecule has 0 atom stereocenters. The summed E-state index contributed by atoms with van der Waals surface area (Å²) in [6, 6.07) is 8.71. The highest BCUT2D eigenvalue weighted by molar-refractivity contribution is 7.88. The van der Waals surface area contributed by atoms with Crippen LogP contribution < -0.4 is 4.18 Å². The summed E-state index contributed by atoms with van der Waals surface area (Å²) >= 11 is 11.9. The van der Waals surface area contributed by atoms with Gasteiger partial charge in [0.15, 0.2) is 0 Å². The van der Waals surface area contributed by atoms with Crippen molar-refractivity contribution in [2.45, 2.75) is 57.9 Å². The third-order valence-electron chi connectivity index (χ3n) is 4.00. The quantitative estimate of drug-likeness (QED) is 0.349. The van der Waals surface area contributed by atoms with Gasteiger partial charge in [-0.15, -0.1) is 0 Å². The molecule has 0 saturated heterocycles. The Labute approximate surface area is 191 Å². The summed E-state index contributed by atoms with van der Waals surface area (Å²) in [6.45, 7) is 11.9. The molecule has 0 bridgehead atoms. The van der Waals surface area contributed by atoms with Crippen molar-refractivity contribution in [1.29, 1.82) is 0 Å². The van der Waals surface area contributed by atoms with E-state index in [0.29, 0.717) is 10.6 Å². The van der Waals surface area contributed by atoms with E-state index in [0.717, 1.165) is 17.7 Å². The van der Waals surface area contributed by atoms with Gasteiger partial charge < -0.3 is 9.29 Å². The third kappa shape index (κ3) is 7.77. The van der Waals surface area contributed by atoms with Crippen molar-refractivity contribution in [1.82, 2.24) is 0 Å². The standard InChI is InChI=1S/C11H12ClF3O3S.C10H13ClO/c1-10(2,3)8-5-4-7(6-9(8)12)18-19(16,17)11(13,14)15;1-10(2,3)8-5-4-7(12)6-9(8)11/h4-6H,1-3H3;4-6,12H,1-3H3. The average molecular weight is 501 g/mol. The average Bonchev–Trinajstić information content (AvgIpc) is 2.51. The van der Waals surface area contributed by atoms with Crippen LogP contribution in [0.4, 0.5) is 13.2 Å². The summed E-state index contributed by atoms with van der Waals surface area (Å²) in [5, 5.41) is 9.89. The molecule has 0 aliphatic carbocycles. The molecule has 10 heteroatoms. The highest BCUT2D eigenvalue weighted by atomic mass is 35.5. The van der Waals surface area contributed by atoms with Crippen molar-refractivity contribution >= 4 is 33.3 Å². The number of hydrogen-bond acceptors (Lipinski definition) is 4. The number of phenolic OH excluding ortho intramolecular Hbond substituents is 1. The molecule has 2 aromatic rings. The minimum Gasteiger partial charge on any atom is -0.508 e. The summed E-state index contributed by atoms with van der Waals surface area (Å²) in [6.07, 6.45) is 0. The van der Waals surface area contributed by atoms with Crippen molar-refractivity contribution in [3.05, 3.63) is 57.6 Å². The number of phenols is 1.